The lowest BCUT2D eigenvalue weighted by Gasteiger charge is -2.25. The van der Waals surface area contributed by atoms with Crippen molar-refractivity contribution in [3.63, 3.8) is 0 Å². The van der Waals surface area contributed by atoms with E-state index in [9.17, 15) is 9.90 Å². The van der Waals surface area contributed by atoms with Crippen LogP contribution in [0.1, 0.15) is 36.8 Å². The van der Waals surface area contributed by atoms with Crippen LogP contribution >= 0.6 is 11.6 Å². The average Bonchev–Trinajstić information content (AvgIpc) is 2.71. The van der Waals surface area contributed by atoms with E-state index < -0.39 is 11.4 Å². The molecule has 0 spiro atoms. The van der Waals surface area contributed by atoms with Crippen LogP contribution in [0.2, 0.25) is 5.02 Å². The van der Waals surface area contributed by atoms with Crippen LogP contribution in [-0.4, -0.2) is 11.1 Å². The first-order valence-corrected chi connectivity index (χ1v) is 5.94. The Hall–Kier alpha value is -1.02. The van der Waals surface area contributed by atoms with Gasteiger partial charge in [0.1, 0.15) is 0 Å². The summed E-state index contributed by atoms with van der Waals surface area (Å²) in [7, 11) is 0. The molecule has 0 saturated heterocycles. The number of carboxylic acid groups (broad SMARTS) is 1. The highest BCUT2D eigenvalue weighted by Gasteiger charge is 2.44. The Morgan fingerprint density at radius 1 is 1.38 bits per heavy atom. The lowest BCUT2D eigenvalue weighted by Crippen LogP contribution is -2.33. The number of aryl methyl sites for hydroxylation is 1. The van der Waals surface area contributed by atoms with Gasteiger partial charge in [0.05, 0.1) is 5.41 Å². The average molecular weight is 239 g/mol. The number of halogens is 1. The van der Waals surface area contributed by atoms with Gasteiger partial charge in [-0.15, -0.1) is 0 Å². The largest absolute Gasteiger partial charge is 0.481 e. The molecular formula is C13H15ClO2. The van der Waals surface area contributed by atoms with E-state index in [1.54, 1.807) is 6.07 Å². The fourth-order valence-electron chi connectivity index (χ4n) is 2.58. The van der Waals surface area contributed by atoms with Crippen molar-refractivity contribution in [2.45, 2.75) is 38.0 Å². The Bertz CT molecular complexity index is 420. The maximum atomic E-state index is 11.5. The molecule has 1 N–H and O–H groups in total. The standard InChI is InChI=1S/C13H15ClO2/c1-9-4-5-11(14)10(8-9)13(12(15)16)6-2-3-7-13/h4-5,8H,2-3,6-7H2,1H3,(H,15,16). The highest BCUT2D eigenvalue weighted by atomic mass is 35.5. The highest BCUT2D eigenvalue weighted by molar-refractivity contribution is 6.31. The van der Waals surface area contributed by atoms with Crippen LogP contribution in [0, 0.1) is 6.92 Å². The Morgan fingerprint density at radius 2 is 2.00 bits per heavy atom. The molecule has 2 nitrogen and oxygen atoms in total. The van der Waals surface area contributed by atoms with Crippen molar-refractivity contribution >= 4 is 17.6 Å². The molecule has 0 bridgehead atoms. The molecule has 0 aliphatic heterocycles. The second-order valence-corrected chi connectivity index (χ2v) is 4.98. The first-order chi connectivity index (χ1) is 7.56. The number of carboxylic acids is 1. The summed E-state index contributed by atoms with van der Waals surface area (Å²) in [6, 6.07) is 5.63. The van der Waals surface area contributed by atoms with Crippen LogP contribution in [0.25, 0.3) is 0 Å². The molecule has 1 aromatic rings. The quantitative estimate of drug-likeness (QED) is 0.856. The van der Waals surface area contributed by atoms with Gasteiger partial charge < -0.3 is 5.11 Å². The number of carbonyl (C=O) groups is 1. The summed E-state index contributed by atoms with van der Waals surface area (Å²) in [4.78, 5) is 11.5. The molecule has 0 radical (unpaired) electrons. The summed E-state index contributed by atoms with van der Waals surface area (Å²) < 4.78 is 0. The topological polar surface area (TPSA) is 37.3 Å². The van der Waals surface area contributed by atoms with E-state index in [0.717, 1.165) is 24.0 Å². The predicted octanol–water partition coefficient (Wildman–Crippen LogP) is 3.54. The van der Waals surface area contributed by atoms with Crippen LogP contribution in [-0.2, 0) is 10.2 Å². The number of benzene rings is 1. The molecule has 0 unspecified atom stereocenters. The van der Waals surface area contributed by atoms with Gasteiger partial charge in [-0.1, -0.05) is 42.1 Å². The molecule has 0 atom stereocenters. The third kappa shape index (κ3) is 1.71. The lowest BCUT2D eigenvalue weighted by molar-refractivity contribution is -0.143. The van der Waals surface area contributed by atoms with Gasteiger partial charge in [-0.05, 0) is 31.4 Å². The van der Waals surface area contributed by atoms with E-state index in [1.165, 1.54) is 0 Å². The summed E-state index contributed by atoms with van der Waals surface area (Å²) in [6.07, 6.45) is 3.34. The van der Waals surface area contributed by atoms with Gasteiger partial charge in [0, 0.05) is 5.02 Å². The Labute approximate surface area is 100 Å². The summed E-state index contributed by atoms with van der Waals surface area (Å²) in [6.45, 7) is 1.96. The second kappa shape index (κ2) is 4.10. The van der Waals surface area contributed by atoms with Crippen molar-refractivity contribution in [1.82, 2.24) is 0 Å². The number of hydrogen-bond acceptors (Lipinski definition) is 1. The van der Waals surface area contributed by atoms with Gasteiger partial charge in [0.15, 0.2) is 0 Å². The first kappa shape index (κ1) is 11.5. The van der Waals surface area contributed by atoms with E-state index in [-0.39, 0.29) is 0 Å². The van der Waals surface area contributed by atoms with Crippen molar-refractivity contribution in [3.8, 4) is 0 Å². The molecule has 1 aliphatic carbocycles. The van der Waals surface area contributed by atoms with Crippen molar-refractivity contribution in [2.75, 3.05) is 0 Å². The fourth-order valence-corrected chi connectivity index (χ4v) is 2.88. The monoisotopic (exact) mass is 238 g/mol. The van der Waals surface area contributed by atoms with E-state index in [4.69, 9.17) is 11.6 Å². The Kier molecular flexibility index (Phi) is 2.94. The molecule has 2 rings (SSSR count). The second-order valence-electron chi connectivity index (χ2n) is 4.58. The molecule has 86 valence electrons. The minimum atomic E-state index is -0.747. The zero-order valence-electron chi connectivity index (χ0n) is 9.29. The van der Waals surface area contributed by atoms with Gasteiger partial charge in [-0.25, -0.2) is 0 Å². The Morgan fingerprint density at radius 3 is 2.56 bits per heavy atom. The molecule has 1 saturated carbocycles. The van der Waals surface area contributed by atoms with Gasteiger partial charge in [0.25, 0.3) is 0 Å². The molecule has 0 heterocycles. The lowest BCUT2D eigenvalue weighted by atomic mass is 9.78. The summed E-state index contributed by atoms with van der Waals surface area (Å²) in [5.74, 6) is -0.738. The van der Waals surface area contributed by atoms with E-state index in [0.29, 0.717) is 17.9 Å². The van der Waals surface area contributed by atoms with Gasteiger partial charge >= 0.3 is 5.97 Å². The highest BCUT2D eigenvalue weighted by Crippen LogP contribution is 2.44. The molecule has 1 aromatic carbocycles. The maximum absolute atomic E-state index is 11.5. The third-order valence-corrected chi connectivity index (χ3v) is 3.83. The molecule has 16 heavy (non-hydrogen) atoms. The summed E-state index contributed by atoms with van der Waals surface area (Å²) in [5, 5.41) is 10.1. The van der Waals surface area contributed by atoms with E-state index in [1.807, 2.05) is 19.1 Å². The molecule has 3 heteroatoms. The zero-order chi connectivity index (χ0) is 11.8. The van der Waals surface area contributed by atoms with Crippen molar-refractivity contribution in [1.29, 1.82) is 0 Å². The van der Waals surface area contributed by atoms with Gasteiger partial charge in [0.2, 0.25) is 0 Å². The Balaban J connectivity index is 2.55. The molecule has 1 aliphatic rings. The minimum absolute atomic E-state index is 0.579. The van der Waals surface area contributed by atoms with Crippen molar-refractivity contribution in [2.24, 2.45) is 0 Å². The number of hydrogen-bond donors (Lipinski definition) is 1. The summed E-state index contributed by atoms with van der Waals surface area (Å²) in [5.41, 5.74) is 1.11. The van der Waals surface area contributed by atoms with Gasteiger partial charge in [-0.3, -0.25) is 4.79 Å². The smallest absolute Gasteiger partial charge is 0.314 e. The molecule has 0 amide bonds. The minimum Gasteiger partial charge on any atom is -0.481 e. The zero-order valence-corrected chi connectivity index (χ0v) is 10.0. The molecule has 1 fully saturated rings. The van der Waals surface area contributed by atoms with E-state index >= 15 is 0 Å². The van der Waals surface area contributed by atoms with Crippen molar-refractivity contribution < 1.29 is 9.90 Å². The predicted molar refractivity (Wildman–Crippen MR) is 64.0 cm³/mol. The van der Waals surface area contributed by atoms with Gasteiger partial charge in [-0.2, -0.15) is 0 Å². The third-order valence-electron chi connectivity index (χ3n) is 3.50. The first-order valence-electron chi connectivity index (χ1n) is 5.56. The number of aliphatic carboxylic acids is 1. The van der Waals surface area contributed by atoms with Crippen LogP contribution < -0.4 is 0 Å². The number of rotatable bonds is 2. The molecular weight excluding hydrogens is 224 g/mol. The molecule has 0 aromatic heterocycles. The fraction of sp³-hybridized carbons (Fsp3) is 0.462. The maximum Gasteiger partial charge on any atom is 0.314 e. The summed E-state index contributed by atoms with van der Waals surface area (Å²) >= 11 is 6.15. The van der Waals surface area contributed by atoms with Crippen LogP contribution in [0.4, 0.5) is 0 Å². The van der Waals surface area contributed by atoms with Crippen LogP contribution in [0.5, 0.6) is 0 Å². The van der Waals surface area contributed by atoms with Crippen LogP contribution in [0.3, 0.4) is 0 Å². The SMILES string of the molecule is Cc1ccc(Cl)c(C2(C(=O)O)CCCC2)c1. The van der Waals surface area contributed by atoms with Crippen molar-refractivity contribution in [3.05, 3.63) is 34.3 Å². The normalized spacial score (nSPS) is 18.6. The van der Waals surface area contributed by atoms with Crippen LogP contribution in [0.15, 0.2) is 18.2 Å². The van der Waals surface area contributed by atoms with E-state index in [2.05, 4.69) is 0 Å².